The molecule has 9 nitrogen and oxygen atoms in total. The molecule has 10 atom stereocenters. The fraction of sp³-hybridized carbons (Fsp3) is 0.655. The highest BCUT2D eigenvalue weighted by atomic mass is 16.7. The van der Waals surface area contributed by atoms with Gasteiger partial charge in [0.15, 0.2) is 6.29 Å². The maximum absolute atomic E-state index is 13.1. The van der Waals surface area contributed by atoms with E-state index in [4.69, 9.17) is 28.4 Å². The highest BCUT2D eigenvalue weighted by Gasteiger charge is 2.83. The first kappa shape index (κ1) is 26.0. The lowest BCUT2D eigenvalue weighted by Crippen LogP contribution is -2.66. The first-order valence-corrected chi connectivity index (χ1v) is 13.5. The van der Waals surface area contributed by atoms with Crippen molar-refractivity contribution >= 4 is 11.9 Å². The van der Waals surface area contributed by atoms with Crippen LogP contribution in [0.25, 0.3) is 0 Å². The SMILES string of the molecule is CC1=C[C@H]2O[C@@H]3C[C@H]4OC(=O)/C=C\C=C\C5OC(OC5C)C(O)/C(C)=C\C(=O)OC[C@@]2(CC1)[C@]4(C)[C@]31CO1. The van der Waals surface area contributed by atoms with Crippen molar-refractivity contribution in [2.75, 3.05) is 13.2 Å². The second-order valence-electron chi connectivity index (χ2n) is 11.8. The average Bonchev–Trinajstić information content (AvgIpc) is 3.57. The van der Waals surface area contributed by atoms with Gasteiger partial charge in [0.25, 0.3) is 0 Å². The maximum Gasteiger partial charge on any atom is 0.331 e. The fourth-order valence-corrected chi connectivity index (χ4v) is 7.29. The molecule has 1 saturated carbocycles. The van der Waals surface area contributed by atoms with E-state index in [1.807, 2.05) is 6.92 Å². The quantitative estimate of drug-likeness (QED) is 0.288. The number of ether oxygens (including phenoxy) is 6. The molecule has 0 radical (unpaired) electrons. The van der Waals surface area contributed by atoms with E-state index in [2.05, 4.69) is 19.9 Å². The molecule has 38 heavy (non-hydrogen) atoms. The molecule has 1 N–H and O–H groups in total. The molecular weight excluding hydrogens is 492 g/mol. The van der Waals surface area contributed by atoms with Crippen molar-refractivity contribution in [3.05, 3.63) is 47.6 Å². The zero-order valence-electron chi connectivity index (χ0n) is 22.3. The Balaban J connectivity index is 1.39. The van der Waals surface area contributed by atoms with Gasteiger partial charge < -0.3 is 33.5 Å². The van der Waals surface area contributed by atoms with Gasteiger partial charge in [0.2, 0.25) is 0 Å². The normalized spacial score (nSPS) is 51.4. The number of carbonyl (C=O) groups is 2. The third-order valence-corrected chi connectivity index (χ3v) is 9.76. The standard InChI is InChI=1S/C29H36O9/c1-16-9-10-28-14-33-24(31)12-17(2)25(32)26-35-18(3)19(36-26)7-5-6-8-23(30)38-20-13-22(37-21(28)11-16)29(15-34-29)27(20,28)4/h5-8,11-12,18-22,25-26,32H,9-10,13-15H2,1-4H3/b7-5+,8-6-,17-12-/t18?,19?,20-,21-,22-,25?,26?,27-,28-,29+/m1/s1. The Hall–Kier alpha value is -2.30. The zero-order valence-corrected chi connectivity index (χ0v) is 22.3. The van der Waals surface area contributed by atoms with Gasteiger partial charge in [-0.25, -0.2) is 9.59 Å². The summed E-state index contributed by atoms with van der Waals surface area (Å²) in [4.78, 5) is 26.0. The minimum absolute atomic E-state index is 0.0661. The Labute approximate surface area is 222 Å². The second kappa shape index (κ2) is 9.13. The number of esters is 2. The second-order valence-corrected chi connectivity index (χ2v) is 11.8. The van der Waals surface area contributed by atoms with Crippen LogP contribution in [0.15, 0.2) is 47.6 Å². The van der Waals surface area contributed by atoms with Gasteiger partial charge in [0.05, 0.1) is 30.3 Å². The Morgan fingerprint density at radius 1 is 1.03 bits per heavy atom. The van der Waals surface area contributed by atoms with E-state index in [0.717, 1.165) is 6.42 Å². The third-order valence-electron chi connectivity index (χ3n) is 9.76. The van der Waals surface area contributed by atoms with E-state index in [9.17, 15) is 14.7 Å². The summed E-state index contributed by atoms with van der Waals surface area (Å²) in [6.07, 6.45) is 8.09. The summed E-state index contributed by atoms with van der Waals surface area (Å²) >= 11 is 0. The van der Waals surface area contributed by atoms with Gasteiger partial charge >= 0.3 is 11.9 Å². The third kappa shape index (κ3) is 3.78. The van der Waals surface area contributed by atoms with Crippen molar-refractivity contribution in [3.63, 3.8) is 0 Å². The van der Waals surface area contributed by atoms with Gasteiger partial charge in [-0.15, -0.1) is 0 Å². The zero-order chi connectivity index (χ0) is 26.9. The summed E-state index contributed by atoms with van der Waals surface area (Å²) in [5, 5.41) is 10.8. The molecule has 4 bridgehead atoms. The van der Waals surface area contributed by atoms with E-state index >= 15 is 0 Å². The number of cyclic esters (lactones) is 1. The van der Waals surface area contributed by atoms with Crippen molar-refractivity contribution in [1.29, 1.82) is 0 Å². The van der Waals surface area contributed by atoms with Crippen LogP contribution >= 0.6 is 0 Å². The van der Waals surface area contributed by atoms with Crippen LogP contribution in [0.3, 0.4) is 0 Å². The van der Waals surface area contributed by atoms with E-state index < -0.39 is 53.0 Å². The van der Waals surface area contributed by atoms with Gasteiger partial charge in [0.1, 0.15) is 30.5 Å². The van der Waals surface area contributed by atoms with Crippen LogP contribution in [0.1, 0.15) is 47.0 Å². The lowest BCUT2D eigenvalue weighted by molar-refractivity contribution is -0.232. The lowest BCUT2D eigenvalue weighted by Gasteiger charge is -2.58. The molecule has 0 amide bonds. The molecule has 6 rings (SSSR count). The van der Waals surface area contributed by atoms with Crippen LogP contribution in [0, 0.1) is 10.8 Å². The van der Waals surface area contributed by atoms with Crippen LogP contribution in [-0.2, 0) is 38.0 Å². The summed E-state index contributed by atoms with van der Waals surface area (Å²) < 4.78 is 36.4. The highest BCUT2D eigenvalue weighted by Crippen LogP contribution is 2.72. The lowest BCUT2D eigenvalue weighted by atomic mass is 9.51. The van der Waals surface area contributed by atoms with Crippen LogP contribution in [0.2, 0.25) is 0 Å². The summed E-state index contributed by atoms with van der Waals surface area (Å²) in [6.45, 7) is 8.24. The molecule has 9 heteroatoms. The van der Waals surface area contributed by atoms with Crippen LogP contribution in [0.5, 0.6) is 0 Å². The molecule has 206 valence electrons. The molecular formula is C29H36O9. The molecule has 0 aromatic rings. The predicted molar refractivity (Wildman–Crippen MR) is 134 cm³/mol. The monoisotopic (exact) mass is 528 g/mol. The van der Waals surface area contributed by atoms with Gasteiger partial charge in [-0.05, 0) is 39.2 Å². The number of fused-ring (bicyclic) bond motifs is 2. The van der Waals surface area contributed by atoms with Crippen molar-refractivity contribution in [2.24, 2.45) is 10.8 Å². The van der Waals surface area contributed by atoms with Crippen LogP contribution in [0.4, 0.5) is 0 Å². The molecule has 2 spiro atoms. The van der Waals surface area contributed by atoms with Gasteiger partial charge in [0, 0.05) is 24.0 Å². The number of aliphatic hydroxyl groups excluding tert-OH is 1. The van der Waals surface area contributed by atoms with E-state index in [0.29, 0.717) is 25.0 Å². The number of epoxide rings is 1. The molecule has 4 fully saturated rings. The summed E-state index contributed by atoms with van der Waals surface area (Å²) in [5.41, 5.74) is -0.284. The first-order valence-electron chi connectivity index (χ1n) is 13.5. The minimum atomic E-state index is -1.14. The minimum Gasteiger partial charge on any atom is -0.462 e. The summed E-state index contributed by atoms with van der Waals surface area (Å²) in [7, 11) is 0. The fourth-order valence-electron chi connectivity index (χ4n) is 7.29. The number of hydrogen-bond acceptors (Lipinski definition) is 9. The Bertz CT molecular complexity index is 1130. The molecule has 4 unspecified atom stereocenters. The van der Waals surface area contributed by atoms with E-state index in [1.165, 1.54) is 17.7 Å². The molecule has 4 aliphatic heterocycles. The molecule has 2 aliphatic carbocycles. The van der Waals surface area contributed by atoms with E-state index in [1.54, 1.807) is 25.2 Å². The van der Waals surface area contributed by atoms with Crippen molar-refractivity contribution in [3.8, 4) is 0 Å². The highest BCUT2D eigenvalue weighted by molar-refractivity contribution is 5.83. The molecule has 3 saturated heterocycles. The molecule has 0 aromatic carbocycles. The predicted octanol–water partition coefficient (Wildman–Crippen LogP) is 2.68. The number of rotatable bonds is 0. The van der Waals surface area contributed by atoms with Gasteiger partial charge in [-0.3, -0.25) is 0 Å². The average molecular weight is 529 g/mol. The molecule has 6 aliphatic rings. The number of allylic oxidation sites excluding steroid dienone is 3. The van der Waals surface area contributed by atoms with E-state index in [-0.39, 0.29) is 24.9 Å². The largest absolute Gasteiger partial charge is 0.462 e. The Morgan fingerprint density at radius 3 is 2.58 bits per heavy atom. The number of aliphatic hydroxyl groups is 1. The van der Waals surface area contributed by atoms with Crippen molar-refractivity contribution < 1.29 is 43.1 Å². The van der Waals surface area contributed by atoms with Crippen LogP contribution < -0.4 is 0 Å². The number of carbonyl (C=O) groups excluding carboxylic acids is 2. The smallest absolute Gasteiger partial charge is 0.331 e. The maximum atomic E-state index is 13.1. The summed E-state index contributed by atoms with van der Waals surface area (Å²) in [6, 6.07) is 0. The molecule has 0 aromatic heterocycles. The first-order chi connectivity index (χ1) is 18.1. The topological polar surface area (TPSA) is 113 Å². The van der Waals surface area contributed by atoms with Gasteiger partial charge in [-0.1, -0.05) is 36.8 Å². The number of hydrogen-bond donors (Lipinski definition) is 1. The van der Waals surface area contributed by atoms with Crippen LogP contribution in [-0.4, -0.2) is 78.8 Å². The Morgan fingerprint density at radius 2 is 1.82 bits per heavy atom. The van der Waals surface area contributed by atoms with Crippen molar-refractivity contribution in [1.82, 2.24) is 0 Å². The molecule has 4 heterocycles. The Kier molecular flexibility index (Phi) is 6.23. The van der Waals surface area contributed by atoms with Crippen molar-refractivity contribution in [2.45, 2.75) is 95.5 Å². The summed E-state index contributed by atoms with van der Waals surface area (Å²) in [5.74, 6) is -1.03. The van der Waals surface area contributed by atoms with Gasteiger partial charge in [-0.2, -0.15) is 0 Å².